The lowest BCUT2D eigenvalue weighted by atomic mass is 10.1. The molecule has 1 aromatic heterocycles. The van der Waals surface area contributed by atoms with E-state index < -0.39 is 0 Å². The topological polar surface area (TPSA) is 67.8 Å². The quantitative estimate of drug-likeness (QED) is 0.592. The van der Waals surface area contributed by atoms with E-state index in [-0.39, 0.29) is 11.9 Å². The molecule has 160 valence electrons. The number of hydrogen-bond donors (Lipinski definition) is 0. The number of rotatable bonds is 5. The molecule has 2 heterocycles. The minimum atomic E-state index is 0.00929. The Bertz CT molecular complexity index is 1040. The zero-order valence-electron chi connectivity index (χ0n) is 17.4. The summed E-state index contributed by atoms with van der Waals surface area (Å²) in [5.74, 6) is 2.66. The van der Waals surface area contributed by atoms with Crippen LogP contribution in [0.1, 0.15) is 17.3 Å². The highest BCUT2D eigenvalue weighted by Gasteiger charge is 2.29. The summed E-state index contributed by atoms with van der Waals surface area (Å²) in [5, 5.41) is 0.617. The van der Waals surface area contributed by atoms with E-state index in [4.69, 9.17) is 21.1 Å². The first kappa shape index (κ1) is 20.9. The molecule has 31 heavy (non-hydrogen) atoms. The van der Waals surface area contributed by atoms with Gasteiger partial charge in [0.1, 0.15) is 23.6 Å². The number of carbonyl (C=O) groups is 1. The third kappa shape index (κ3) is 4.88. The second-order valence-corrected chi connectivity index (χ2v) is 7.73. The largest absolute Gasteiger partial charge is 0.497 e. The Hall–Kier alpha value is -3.32. The molecule has 7 nitrogen and oxygen atoms in total. The summed E-state index contributed by atoms with van der Waals surface area (Å²) in [6.07, 6.45) is 1.49. The molecule has 0 spiro atoms. The predicted molar refractivity (Wildman–Crippen MR) is 119 cm³/mol. The molecule has 1 aliphatic heterocycles. The number of carbonyl (C=O) groups excluding carboxylic acids is 1. The molecule has 1 atom stereocenters. The van der Waals surface area contributed by atoms with E-state index in [1.807, 2.05) is 42.2 Å². The molecule has 1 fully saturated rings. The maximum absolute atomic E-state index is 12.9. The van der Waals surface area contributed by atoms with Crippen LogP contribution in [0.25, 0.3) is 0 Å². The van der Waals surface area contributed by atoms with Crippen LogP contribution in [0.3, 0.4) is 0 Å². The first-order valence-electron chi connectivity index (χ1n) is 9.99. The maximum atomic E-state index is 12.9. The zero-order chi connectivity index (χ0) is 21.8. The van der Waals surface area contributed by atoms with E-state index in [2.05, 4.69) is 14.9 Å². The van der Waals surface area contributed by atoms with Gasteiger partial charge in [0.25, 0.3) is 5.91 Å². The second-order valence-electron chi connectivity index (χ2n) is 7.29. The molecule has 1 aliphatic rings. The van der Waals surface area contributed by atoms with Gasteiger partial charge >= 0.3 is 0 Å². The molecule has 2 aromatic carbocycles. The number of hydrogen-bond acceptors (Lipinski definition) is 6. The Balaban J connectivity index is 1.42. The van der Waals surface area contributed by atoms with Crippen molar-refractivity contribution in [3.63, 3.8) is 0 Å². The summed E-state index contributed by atoms with van der Waals surface area (Å²) in [6.45, 7) is 3.97. The van der Waals surface area contributed by atoms with Gasteiger partial charge in [-0.1, -0.05) is 11.6 Å². The van der Waals surface area contributed by atoms with Gasteiger partial charge in [0.2, 0.25) is 5.88 Å². The minimum absolute atomic E-state index is 0.00929. The normalized spacial score (nSPS) is 16.2. The van der Waals surface area contributed by atoms with E-state index in [1.54, 1.807) is 31.4 Å². The van der Waals surface area contributed by atoms with Gasteiger partial charge < -0.3 is 19.3 Å². The highest BCUT2D eigenvalue weighted by atomic mass is 35.5. The van der Waals surface area contributed by atoms with E-state index >= 15 is 0 Å². The average Bonchev–Trinajstić information content (AvgIpc) is 2.80. The number of anilines is 1. The van der Waals surface area contributed by atoms with Gasteiger partial charge in [0, 0.05) is 42.3 Å². The minimum Gasteiger partial charge on any atom is -0.497 e. The van der Waals surface area contributed by atoms with Crippen LogP contribution in [0, 0.1) is 0 Å². The van der Waals surface area contributed by atoms with Gasteiger partial charge in [-0.2, -0.15) is 0 Å². The molecule has 3 aromatic rings. The molecular formula is C23H23ClN4O3. The summed E-state index contributed by atoms with van der Waals surface area (Å²) in [5.41, 5.74) is 0.641. The lowest BCUT2D eigenvalue weighted by Crippen LogP contribution is -2.54. The van der Waals surface area contributed by atoms with E-state index in [1.165, 1.54) is 6.33 Å². The number of amides is 1. The summed E-state index contributed by atoms with van der Waals surface area (Å²) in [6, 6.07) is 16.1. The molecule has 4 rings (SSSR count). The smallest absolute Gasteiger partial charge is 0.254 e. The number of benzene rings is 2. The number of piperazine rings is 1. The van der Waals surface area contributed by atoms with Crippen LogP contribution in [0.5, 0.6) is 17.4 Å². The van der Waals surface area contributed by atoms with Crippen molar-refractivity contribution in [2.75, 3.05) is 31.6 Å². The molecule has 0 N–H and O–H groups in total. The van der Waals surface area contributed by atoms with Gasteiger partial charge in [0.05, 0.1) is 7.11 Å². The van der Waals surface area contributed by atoms with E-state index in [0.717, 1.165) is 11.6 Å². The van der Waals surface area contributed by atoms with Crippen LogP contribution < -0.4 is 14.4 Å². The number of nitrogens with zero attached hydrogens (tertiary/aromatic N) is 4. The van der Waals surface area contributed by atoms with Gasteiger partial charge in [-0.05, 0) is 55.5 Å². The number of methoxy groups -OCH3 is 1. The van der Waals surface area contributed by atoms with Gasteiger partial charge in [-0.25, -0.2) is 9.97 Å². The Labute approximate surface area is 186 Å². The number of ether oxygens (including phenoxy) is 2. The zero-order valence-corrected chi connectivity index (χ0v) is 18.1. The summed E-state index contributed by atoms with van der Waals surface area (Å²) in [7, 11) is 1.62. The Morgan fingerprint density at radius 2 is 1.74 bits per heavy atom. The molecule has 1 saturated heterocycles. The predicted octanol–water partition coefficient (Wildman–Crippen LogP) is 4.28. The SMILES string of the molecule is COc1ccc(Oc2cc(N3CCN(C(=O)c4ccc(Cl)cc4)[C@@H](C)C3)ncn2)cc1. The van der Waals surface area contributed by atoms with Crippen molar-refractivity contribution in [3.8, 4) is 17.4 Å². The molecular weight excluding hydrogens is 416 g/mol. The molecule has 0 radical (unpaired) electrons. The lowest BCUT2D eigenvalue weighted by molar-refractivity contribution is 0.0673. The third-order valence-electron chi connectivity index (χ3n) is 5.21. The Kier molecular flexibility index (Phi) is 6.23. The second kappa shape index (κ2) is 9.22. The van der Waals surface area contributed by atoms with Crippen molar-refractivity contribution in [2.45, 2.75) is 13.0 Å². The van der Waals surface area contributed by atoms with Crippen LogP contribution >= 0.6 is 11.6 Å². The van der Waals surface area contributed by atoms with Crippen LogP contribution in [-0.2, 0) is 0 Å². The first-order chi connectivity index (χ1) is 15.0. The van der Waals surface area contributed by atoms with Crippen LogP contribution in [0.2, 0.25) is 5.02 Å². The molecule has 0 aliphatic carbocycles. The monoisotopic (exact) mass is 438 g/mol. The van der Waals surface area contributed by atoms with Crippen LogP contribution in [0.15, 0.2) is 60.9 Å². The van der Waals surface area contributed by atoms with Crippen molar-refractivity contribution < 1.29 is 14.3 Å². The molecule has 0 saturated carbocycles. The summed E-state index contributed by atoms with van der Waals surface area (Å²) in [4.78, 5) is 25.5. The molecule has 0 bridgehead atoms. The van der Waals surface area contributed by atoms with Crippen LogP contribution in [-0.4, -0.2) is 53.6 Å². The van der Waals surface area contributed by atoms with E-state index in [9.17, 15) is 4.79 Å². The fraction of sp³-hybridized carbons (Fsp3) is 0.261. The fourth-order valence-electron chi connectivity index (χ4n) is 3.55. The van der Waals surface area contributed by atoms with Crippen molar-refractivity contribution >= 4 is 23.3 Å². The number of halogens is 1. The van der Waals surface area contributed by atoms with Crippen molar-refractivity contribution in [1.82, 2.24) is 14.9 Å². The van der Waals surface area contributed by atoms with Crippen molar-refractivity contribution in [2.24, 2.45) is 0 Å². The fourth-order valence-corrected chi connectivity index (χ4v) is 3.67. The summed E-state index contributed by atoms with van der Waals surface area (Å²) < 4.78 is 11.0. The Morgan fingerprint density at radius 3 is 2.42 bits per heavy atom. The third-order valence-corrected chi connectivity index (χ3v) is 5.46. The van der Waals surface area contributed by atoms with Gasteiger partial charge in [0.15, 0.2) is 0 Å². The first-order valence-corrected chi connectivity index (χ1v) is 10.4. The highest BCUT2D eigenvalue weighted by molar-refractivity contribution is 6.30. The highest BCUT2D eigenvalue weighted by Crippen LogP contribution is 2.26. The Morgan fingerprint density at radius 1 is 1.03 bits per heavy atom. The van der Waals surface area contributed by atoms with Gasteiger partial charge in [-0.15, -0.1) is 0 Å². The molecule has 1 amide bonds. The number of aromatic nitrogens is 2. The molecule has 0 unspecified atom stereocenters. The maximum Gasteiger partial charge on any atom is 0.254 e. The lowest BCUT2D eigenvalue weighted by Gasteiger charge is -2.40. The summed E-state index contributed by atoms with van der Waals surface area (Å²) >= 11 is 5.94. The van der Waals surface area contributed by atoms with E-state index in [0.29, 0.717) is 41.8 Å². The van der Waals surface area contributed by atoms with Crippen molar-refractivity contribution in [1.29, 1.82) is 0 Å². The molecule has 8 heteroatoms. The standard InChI is InChI=1S/C23H23ClN4O3/c1-16-14-27(11-12-28(16)23(29)17-3-5-18(24)6-4-17)21-13-22(26-15-25-21)31-20-9-7-19(30-2)8-10-20/h3-10,13,15-16H,11-12,14H2,1-2H3/t16-/m0/s1. The van der Waals surface area contributed by atoms with Crippen molar-refractivity contribution in [3.05, 3.63) is 71.5 Å². The average molecular weight is 439 g/mol. The van der Waals surface area contributed by atoms with Gasteiger partial charge in [-0.3, -0.25) is 4.79 Å². The van der Waals surface area contributed by atoms with Crippen LogP contribution in [0.4, 0.5) is 5.82 Å².